The summed E-state index contributed by atoms with van der Waals surface area (Å²) in [6, 6.07) is 9.92. The first kappa shape index (κ1) is 30.8. The molecule has 0 saturated carbocycles. The SMILES string of the molecule is COc1cccc(NC(=O)N(CCN(C)C)Cc2ccc(C(=O)NC3=CSCC3NC(=O)OC(C)(C)C)nc2)c1. The highest BCUT2D eigenvalue weighted by Gasteiger charge is 2.26. The number of hydrogen-bond donors (Lipinski definition) is 3. The van der Waals surface area contributed by atoms with Crippen LogP contribution in [0.4, 0.5) is 15.3 Å². The van der Waals surface area contributed by atoms with Gasteiger partial charge in [0.15, 0.2) is 0 Å². The molecule has 0 fully saturated rings. The number of anilines is 1. The number of rotatable bonds is 10. The lowest BCUT2D eigenvalue weighted by Gasteiger charge is -2.25. The third kappa shape index (κ3) is 9.76. The quantitative estimate of drug-likeness (QED) is 0.393. The number of benzene rings is 1. The molecule has 40 heavy (non-hydrogen) atoms. The number of aromatic nitrogens is 1. The van der Waals surface area contributed by atoms with Gasteiger partial charge in [-0.05, 0) is 64.0 Å². The predicted octanol–water partition coefficient (Wildman–Crippen LogP) is 3.90. The summed E-state index contributed by atoms with van der Waals surface area (Å²) in [5.74, 6) is 0.841. The molecule has 1 aliphatic rings. The van der Waals surface area contributed by atoms with E-state index in [4.69, 9.17) is 9.47 Å². The van der Waals surface area contributed by atoms with E-state index in [-0.39, 0.29) is 17.8 Å². The Hall–Kier alpha value is -3.77. The molecule has 216 valence electrons. The first-order valence-corrected chi connectivity index (χ1v) is 13.9. The molecule has 0 bridgehead atoms. The van der Waals surface area contributed by atoms with Crippen LogP contribution in [0.25, 0.3) is 0 Å². The van der Waals surface area contributed by atoms with E-state index in [2.05, 4.69) is 20.9 Å². The summed E-state index contributed by atoms with van der Waals surface area (Å²) in [5.41, 5.74) is 1.58. The maximum absolute atomic E-state index is 13.1. The van der Waals surface area contributed by atoms with Gasteiger partial charge in [0.1, 0.15) is 17.0 Å². The van der Waals surface area contributed by atoms with Gasteiger partial charge in [0.05, 0.1) is 13.2 Å². The van der Waals surface area contributed by atoms with Gasteiger partial charge in [-0.15, -0.1) is 11.8 Å². The summed E-state index contributed by atoms with van der Waals surface area (Å²) in [6.45, 7) is 6.84. The summed E-state index contributed by atoms with van der Waals surface area (Å²) >= 11 is 1.49. The van der Waals surface area contributed by atoms with Crippen LogP contribution in [-0.4, -0.2) is 84.5 Å². The van der Waals surface area contributed by atoms with Crippen LogP contribution in [0.3, 0.4) is 0 Å². The molecule has 1 aliphatic heterocycles. The molecule has 2 heterocycles. The average molecular weight is 571 g/mol. The number of nitrogens with zero attached hydrogens (tertiary/aromatic N) is 3. The Morgan fingerprint density at radius 1 is 1.10 bits per heavy atom. The fraction of sp³-hybridized carbons (Fsp3) is 0.429. The predicted molar refractivity (Wildman–Crippen MR) is 156 cm³/mol. The van der Waals surface area contributed by atoms with Crippen molar-refractivity contribution in [2.24, 2.45) is 0 Å². The van der Waals surface area contributed by atoms with E-state index in [1.54, 1.807) is 68.7 Å². The van der Waals surface area contributed by atoms with Crippen LogP contribution in [0.15, 0.2) is 53.7 Å². The Kier molecular flexibility index (Phi) is 10.8. The van der Waals surface area contributed by atoms with E-state index < -0.39 is 17.6 Å². The van der Waals surface area contributed by atoms with E-state index >= 15 is 0 Å². The Labute approximate surface area is 239 Å². The molecule has 3 N–H and O–H groups in total. The molecule has 1 aromatic heterocycles. The zero-order valence-corrected chi connectivity index (χ0v) is 24.6. The van der Waals surface area contributed by atoms with Crippen molar-refractivity contribution >= 4 is 35.5 Å². The van der Waals surface area contributed by atoms with Gasteiger partial charge in [0.25, 0.3) is 5.91 Å². The Morgan fingerprint density at radius 2 is 1.88 bits per heavy atom. The van der Waals surface area contributed by atoms with Crippen molar-refractivity contribution in [2.75, 3.05) is 45.4 Å². The maximum Gasteiger partial charge on any atom is 0.408 e. The molecule has 0 aliphatic carbocycles. The number of thioether (sulfide) groups is 1. The van der Waals surface area contributed by atoms with Crippen LogP contribution in [0, 0.1) is 0 Å². The van der Waals surface area contributed by atoms with Crippen molar-refractivity contribution in [2.45, 2.75) is 39.0 Å². The van der Waals surface area contributed by atoms with Crippen LogP contribution in [0.2, 0.25) is 0 Å². The third-order valence-corrected chi connectivity index (χ3v) is 6.60. The van der Waals surface area contributed by atoms with Crippen molar-refractivity contribution in [3.8, 4) is 5.75 Å². The van der Waals surface area contributed by atoms with Gasteiger partial charge in [-0.25, -0.2) is 9.59 Å². The van der Waals surface area contributed by atoms with Crippen LogP contribution in [0.5, 0.6) is 5.75 Å². The number of alkyl carbamates (subject to hydrolysis) is 1. The summed E-state index contributed by atoms with van der Waals surface area (Å²) in [4.78, 5) is 46.2. The first-order valence-electron chi connectivity index (χ1n) is 12.9. The molecule has 1 atom stereocenters. The summed E-state index contributed by atoms with van der Waals surface area (Å²) in [5, 5.41) is 10.3. The van der Waals surface area contributed by atoms with Gasteiger partial charge in [0, 0.05) is 49.0 Å². The number of nitrogens with one attached hydrogen (secondary N) is 3. The number of pyridine rings is 1. The molecule has 1 unspecified atom stereocenters. The fourth-order valence-corrected chi connectivity index (χ4v) is 4.59. The molecule has 3 rings (SSSR count). The summed E-state index contributed by atoms with van der Waals surface area (Å²) in [7, 11) is 5.46. The highest BCUT2D eigenvalue weighted by molar-refractivity contribution is 8.02. The molecule has 4 amide bonds. The number of ether oxygens (including phenoxy) is 2. The second-order valence-electron chi connectivity index (χ2n) is 10.5. The number of urea groups is 1. The van der Waals surface area contributed by atoms with Crippen LogP contribution in [-0.2, 0) is 11.3 Å². The zero-order chi connectivity index (χ0) is 29.3. The second kappa shape index (κ2) is 14.0. The fourth-order valence-electron chi connectivity index (χ4n) is 3.64. The van der Waals surface area contributed by atoms with Gasteiger partial charge >= 0.3 is 12.1 Å². The van der Waals surface area contributed by atoms with Crippen molar-refractivity contribution in [1.29, 1.82) is 0 Å². The largest absolute Gasteiger partial charge is 0.497 e. The zero-order valence-electron chi connectivity index (χ0n) is 23.8. The second-order valence-corrected chi connectivity index (χ2v) is 11.4. The highest BCUT2D eigenvalue weighted by Crippen LogP contribution is 2.22. The Balaban J connectivity index is 1.62. The first-order chi connectivity index (χ1) is 18.9. The monoisotopic (exact) mass is 570 g/mol. The van der Waals surface area contributed by atoms with E-state index in [0.717, 1.165) is 5.56 Å². The van der Waals surface area contributed by atoms with Gasteiger partial charge < -0.3 is 35.2 Å². The van der Waals surface area contributed by atoms with Crippen molar-refractivity contribution in [1.82, 2.24) is 25.4 Å². The lowest BCUT2D eigenvalue weighted by atomic mass is 10.2. The Bertz CT molecular complexity index is 1210. The minimum Gasteiger partial charge on any atom is -0.497 e. The van der Waals surface area contributed by atoms with E-state index in [1.165, 1.54) is 11.8 Å². The normalized spacial score (nSPS) is 14.8. The lowest BCUT2D eigenvalue weighted by molar-refractivity contribution is 0.0514. The van der Waals surface area contributed by atoms with E-state index in [9.17, 15) is 14.4 Å². The number of methoxy groups -OCH3 is 1. The third-order valence-electron chi connectivity index (χ3n) is 5.65. The molecule has 2 aromatic rings. The van der Waals surface area contributed by atoms with E-state index in [0.29, 0.717) is 42.5 Å². The van der Waals surface area contributed by atoms with Crippen molar-refractivity contribution in [3.63, 3.8) is 0 Å². The number of carbonyl (C=O) groups is 3. The number of carbonyl (C=O) groups excluding carboxylic acids is 3. The van der Waals surface area contributed by atoms with Gasteiger partial charge in [-0.1, -0.05) is 12.1 Å². The van der Waals surface area contributed by atoms with Gasteiger partial charge in [-0.3, -0.25) is 9.78 Å². The highest BCUT2D eigenvalue weighted by atomic mass is 32.2. The van der Waals surface area contributed by atoms with Crippen LogP contribution < -0.4 is 20.7 Å². The standard InChI is InChI=1S/C28H38N6O5S/c1-28(2,3)39-27(37)32-24-18-40-17-23(24)31-25(35)22-11-10-19(15-29-22)16-34(13-12-33(4)5)26(36)30-20-8-7-9-21(14-20)38-6/h7-11,14-15,17,24H,12-13,16,18H2,1-6H3,(H,30,36)(H,31,35)(H,32,37). The Morgan fingerprint density at radius 3 is 2.52 bits per heavy atom. The molecule has 0 spiro atoms. The van der Waals surface area contributed by atoms with Crippen molar-refractivity contribution < 1.29 is 23.9 Å². The molecule has 11 nitrogen and oxygen atoms in total. The van der Waals surface area contributed by atoms with Crippen LogP contribution >= 0.6 is 11.8 Å². The van der Waals surface area contributed by atoms with Crippen LogP contribution in [0.1, 0.15) is 36.8 Å². The van der Waals surface area contributed by atoms with Gasteiger partial charge in [-0.2, -0.15) is 0 Å². The minimum atomic E-state index is -0.619. The molecular weight excluding hydrogens is 532 g/mol. The van der Waals surface area contributed by atoms with Crippen molar-refractivity contribution in [3.05, 3.63) is 65.0 Å². The minimum absolute atomic E-state index is 0.221. The number of amides is 4. The lowest BCUT2D eigenvalue weighted by Crippen LogP contribution is -2.44. The molecule has 0 radical (unpaired) electrons. The smallest absolute Gasteiger partial charge is 0.408 e. The maximum atomic E-state index is 13.1. The molecule has 1 aromatic carbocycles. The number of likely N-dealkylation sites (N-methyl/N-ethyl adjacent to an activating group) is 1. The van der Waals surface area contributed by atoms with Gasteiger partial charge in [0.2, 0.25) is 0 Å². The number of hydrogen-bond acceptors (Lipinski definition) is 8. The van der Waals surface area contributed by atoms with E-state index in [1.807, 2.05) is 31.1 Å². The summed E-state index contributed by atoms with van der Waals surface area (Å²) in [6.07, 6.45) is 1.04. The molecule has 0 saturated heterocycles. The average Bonchev–Trinajstić information content (AvgIpc) is 3.31. The summed E-state index contributed by atoms with van der Waals surface area (Å²) < 4.78 is 10.6. The molecule has 12 heteroatoms. The topological polar surface area (TPSA) is 125 Å². The molecular formula is C28H38N6O5S.